The highest BCUT2D eigenvalue weighted by molar-refractivity contribution is 5.53. The van der Waals surface area contributed by atoms with Gasteiger partial charge in [0.1, 0.15) is 11.6 Å². The lowest BCUT2D eigenvalue weighted by Gasteiger charge is -2.24. The second-order valence-corrected chi connectivity index (χ2v) is 6.66. The number of hydrogen-bond acceptors (Lipinski definition) is 6. The van der Waals surface area contributed by atoms with E-state index in [9.17, 15) is 0 Å². The molecule has 0 amide bonds. The maximum atomic E-state index is 5.89. The zero-order valence-corrected chi connectivity index (χ0v) is 12.4. The predicted octanol–water partition coefficient (Wildman–Crippen LogP) is 1.07. The van der Waals surface area contributed by atoms with Gasteiger partial charge < -0.3 is 21.3 Å². The van der Waals surface area contributed by atoms with E-state index in [4.69, 9.17) is 5.73 Å². The molecule has 1 saturated carbocycles. The van der Waals surface area contributed by atoms with Crippen LogP contribution in [-0.4, -0.2) is 42.2 Å². The number of aromatic nitrogens is 2. The van der Waals surface area contributed by atoms with Crippen molar-refractivity contribution in [2.24, 2.45) is 11.8 Å². The van der Waals surface area contributed by atoms with E-state index in [1.54, 1.807) is 0 Å². The Labute approximate surface area is 125 Å². The molecule has 0 spiro atoms. The molecule has 6 heteroatoms. The third-order valence-electron chi connectivity index (χ3n) is 4.92. The van der Waals surface area contributed by atoms with E-state index in [0.717, 1.165) is 49.7 Å². The average molecular weight is 288 g/mol. The van der Waals surface area contributed by atoms with Crippen LogP contribution >= 0.6 is 0 Å². The fourth-order valence-corrected chi connectivity index (χ4v) is 3.51. The number of hydrogen-bond donors (Lipinski definition) is 3. The van der Waals surface area contributed by atoms with Gasteiger partial charge in [0.05, 0.1) is 0 Å². The van der Waals surface area contributed by atoms with E-state index in [-0.39, 0.29) is 0 Å². The third kappa shape index (κ3) is 2.90. The molecule has 3 heterocycles. The summed E-state index contributed by atoms with van der Waals surface area (Å²) in [5.41, 5.74) is 5.89. The van der Waals surface area contributed by atoms with Crippen molar-refractivity contribution in [1.82, 2.24) is 15.3 Å². The molecule has 0 bridgehead atoms. The summed E-state index contributed by atoms with van der Waals surface area (Å²) in [6.07, 6.45) is 5.28. The SMILES string of the molecule is Nc1nc(NCC2CC2)cc(N2C[C@H]3CCCN[C@H]3C2)n1. The van der Waals surface area contributed by atoms with Gasteiger partial charge in [-0.1, -0.05) is 0 Å². The molecule has 6 nitrogen and oxygen atoms in total. The first-order valence-corrected chi connectivity index (χ1v) is 8.15. The predicted molar refractivity (Wildman–Crippen MR) is 84.4 cm³/mol. The summed E-state index contributed by atoms with van der Waals surface area (Å²) in [5.74, 6) is 3.78. The Bertz CT molecular complexity index is 501. The minimum atomic E-state index is 0.369. The van der Waals surface area contributed by atoms with Gasteiger partial charge in [-0.3, -0.25) is 0 Å². The van der Waals surface area contributed by atoms with Gasteiger partial charge in [-0.15, -0.1) is 0 Å². The maximum absolute atomic E-state index is 5.89. The first kappa shape index (κ1) is 13.1. The summed E-state index contributed by atoms with van der Waals surface area (Å²) in [4.78, 5) is 11.1. The van der Waals surface area contributed by atoms with Crippen LogP contribution in [0.25, 0.3) is 0 Å². The van der Waals surface area contributed by atoms with Gasteiger partial charge in [0.15, 0.2) is 0 Å². The second-order valence-electron chi connectivity index (χ2n) is 6.66. The molecule has 2 saturated heterocycles. The topological polar surface area (TPSA) is 79.1 Å². The van der Waals surface area contributed by atoms with Crippen LogP contribution in [0.15, 0.2) is 6.07 Å². The number of nitrogens with zero attached hydrogens (tertiary/aromatic N) is 3. The van der Waals surface area contributed by atoms with Crippen molar-refractivity contribution in [3.05, 3.63) is 6.07 Å². The molecule has 4 rings (SSSR count). The quantitative estimate of drug-likeness (QED) is 0.769. The Kier molecular flexibility index (Phi) is 3.33. The summed E-state index contributed by atoms with van der Waals surface area (Å²) in [6, 6.07) is 2.66. The van der Waals surface area contributed by atoms with E-state index < -0.39 is 0 Å². The van der Waals surface area contributed by atoms with Crippen molar-refractivity contribution < 1.29 is 0 Å². The van der Waals surface area contributed by atoms with Crippen LogP contribution in [0.5, 0.6) is 0 Å². The summed E-state index contributed by atoms with van der Waals surface area (Å²) >= 11 is 0. The number of rotatable bonds is 4. The standard InChI is InChI=1S/C15H24N6/c16-15-19-13(18-7-10-3-4-10)6-14(20-15)21-8-11-2-1-5-17-12(11)9-21/h6,10-12,17H,1-5,7-9H2,(H3,16,18,19,20)/t11-,12+/m1/s1. The van der Waals surface area contributed by atoms with Crippen LogP contribution in [0.3, 0.4) is 0 Å². The lowest BCUT2D eigenvalue weighted by Crippen LogP contribution is -2.40. The van der Waals surface area contributed by atoms with Gasteiger partial charge in [-0.25, -0.2) is 0 Å². The van der Waals surface area contributed by atoms with Gasteiger partial charge in [0.2, 0.25) is 5.95 Å². The van der Waals surface area contributed by atoms with Crippen LogP contribution in [-0.2, 0) is 0 Å². The highest BCUT2D eigenvalue weighted by Crippen LogP contribution is 2.31. The second kappa shape index (κ2) is 5.33. The highest BCUT2D eigenvalue weighted by atomic mass is 15.3. The molecular formula is C15H24N6. The molecule has 4 N–H and O–H groups in total. The molecule has 21 heavy (non-hydrogen) atoms. The molecule has 114 valence electrons. The molecule has 0 radical (unpaired) electrons. The van der Waals surface area contributed by atoms with Crippen LogP contribution < -0.4 is 21.3 Å². The summed E-state index contributed by atoms with van der Waals surface area (Å²) in [6.45, 7) is 4.26. The van der Waals surface area contributed by atoms with Crippen LogP contribution in [0, 0.1) is 11.8 Å². The fraction of sp³-hybridized carbons (Fsp3) is 0.733. The first-order valence-electron chi connectivity index (χ1n) is 8.15. The van der Waals surface area contributed by atoms with Gasteiger partial charge in [-0.2, -0.15) is 9.97 Å². The fourth-order valence-electron chi connectivity index (χ4n) is 3.51. The number of piperidine rings is 1. The van der Waals surface area contributed by atoms with Crippen LogP contribution in [0.2, 0.25) is 0 Å². The largest absolute Gasteiger partial charge is 0.370 e. The first-order chi connectivity index (χ1) is 10.3. The van der Waals surface area contributed by atoms with E-state index >= 15 is 0 Å². The van der Waals surface area contributed by atoms with Gasteiger partial charge in [0.25, 0.3) is 0 Å². The smallest absolute Gasteiger partial charge is 0.223 e. The van der Waals surface area contributed by atoms with Gasteiger partial charge in [-0.05, 0) is 44.1 Å². The molecule has 2 aliphatic heterocycles. The Balaban J connectivity index is 1.48. The van der Waals surface area contributed by atoms with Gasteiger partial charge >= 0.3 is 0 Å². The Hall–Kier alpha value is -1.56. The molecular weight excluding hydrogens is 264 g/mol. The maximum Gasteiger partial charge on any atom is 0.223 e. The van der Waals surface area contributed by atoms with Gasteiger partial charge in [0, 0.05) is 31.7 Å². The van der Waals surface area contributed by atoms with Crippen molar-refractivity contribution in [2.45, 2.75) is 31.7 Å². The number of fused-ring (bicyclic) bond motifs is 1. The molecule has 3 fully saturated rings. The van der Waals surface area contributed by atoms with Crippen molar-refractivity contribution in [1.29, 1.82) is 0 Å². The molecule has 0 unspecified atom stereocenters. The number of nitrogens with one attached hydrogen (secondary N) is 2. The van der Waals surface area contributed by atoms with E-state index in [1.807, 2.05) is 0 Å². The highest BCUT2D eigenvalue weighted by Gasteiger charge is 2.35. The zero-order valence-electron chi connectivity index (χ0n) is 12.4. The number of anilines is 3. The minimum absolute atomic E-state index is 0.369. The average Bonchev–Trinajstić information content (AvgIpc) is 3.21. The van der Waals surface area contributed by atoms with Crippen molar-refractivity contribution in [2.75, 3.05) is 42.1 Å². The Morgan fingerprint density at radius 2 is 2.19 bits per heavy atom. The Morgan fingerprint density at radius 1 is 1.29 bits per heavy atom. The summed E-state index contributed by atoms with van der Waals surface area (Å²) < 4.78 is 0. The van der Waals surface area contributed by atoms with E-state index in [0.29, 0.717) is 12.0 Å². The Morgan fingerprint density at radius 3 is 3.00 bits per heavy atom. The van der Waals surface area contributed by atoms with E-state index in [2.05, 4.69) is 31.6 Å². The third-order valence-corrected chi connectivity index (χ3v) is 4.92. The van der Waals surface area contributed by atoms with Crippen molar-refractivity contribution >= 4 is 17.6 Å². The molecule has 0 aromatic carbocycles. The summed E-state index contributed by atoms with van der Waals surface area (Å²) in [5, 5.41) is 7.03. The molecule has 3 aliphatic rings. The van der Waals surface area contributed by atoms with Crippen molar-refractivity contribution in [3.8, 4) is 0 Å². The molecule has 1 aromatic heterocycles. The van der Waals surface area contributed by atoms with Crippen LogP contribution in [0.1, 0.15) is 25.7 Å². The molecule has 1 aromatic rings. The lowest BCUT2D eigenvalue weighted by atomic mass is 9.94. The lowest BCUT2D eigenvalue weighted by molar-refractivity contribution is 0.340. The monoisotopic (exact) mass is 288 g/mol. The number of nitrogens with two attached hydrogens (primary N) is 1. The molecule has 2 atom stereocenters. The minimum Gasteiger partial charge on any atom is -0.370 e. The van der Waals surface area contributed by atoms with Crippen molar-refractivity contribution in [3.63, 3.8) is 0 Å². The van der Waals surface area contributed by atoms with E-state index in [1.165, 1.54) is 25.7 Å². The van der Waals surface area contributed by atoms with Crippen LogP contribution in [0.4, 0.5) is 17.6 Å². The molecule has 1 aliphatic carbocycles. The summed E-state index contributed by atoms with van der Waals surface area (Å²) in [7, 11) is 0. The zero-order chi connectivity index (χ0) is 14.2. The number of nitrogen functional groups attached to an aromatic ring is 1. The normalized spacial score (nSPS) is 28.5.